The highest BCUT2D eigenvalue weighted by Gasteiger charge is 2.23. The Morgan fingerprint density at radius 2 is 0.310 bits per heavy atom. The Balaban J connectivity index is 0.000000105. The first-order chi connectivity index (χ1) is 56.0. The van der Waals surface area contributed by atoms with Crippen LogP contribution in [0.4, 0.5) is 0 Å². The predicted octanol–water partition coefficient (Wildman–Crippen LogP) is 31.7. The zero-order valence-electron chi connectivity index (χ0n) is 61.5. The highest BCUT2D eigenvalue weighted by atomic mass is 16.3. The minimum Gasteiger partial charge on any atom is -0.456 e. The lowest BCUT2D eigenvalue weighted by molar-refractivity contribution is 0.668. The summed E-state index contributed by atoms with van der Waals surface area (Å²) in [4.78, 5) is 0. The molecule has 24 aromatic rings. The molecule has 0 aliphatic heterocycles. The third-order valence-corrected chi connectivity index (χ3v) is 23.2. The minimum atomic E-state index is 0.917. The first-order valence-electron chi connectivity index (χ1n) is 38.7. The molecular formula is C110H68O3. The van der Waals surface area contributed by atoms with Crippen molar-refractivity contribution in [2.45, 2.75) is 0 Å². The monoisotopic (exact) mass is 1440 g/mol. The summed E-state index contributed by atoms with van der Waals surface area (Å²) in [6, 6.07) is 148. The normalized spacial score (nSPS) is 11.7. The first kappa shape index (κ1) is 65.2. The molecule has 0 aliphatic carbocycles. The average molecular weight is 1440 g/mol. The molecule has 24 rings (SSSR count). The van der Waals surface area contributed by atoms with E-state index in [-0.39, 0.29) is 0 Å². The molecule has 0 bridgehead atoms. The Labute approximate surface area is 651 Å². The second-order valence-electron chi connectivity index (χ2n) is 29.5. The fourth-order valence-corrected chi connectivity index (χ4v) is 18.0. The van der Waals surface area contributed by atoms with Crippen LogP contribution < -0.4 is 0 Å². The molecule has 3 aromatic heterocycles. The molecule has 526 valence electrons. The summed E-state index contributed by atoms with van der Waals surface area (Å²) >= 11 is 0. The fourth-order valence-electron chi connectivity index (χ4n) is 18.0. The van der Waals surface area contributed by atoms with Crippen molar-refractivity contribution in [2.24, 2.45) is 0 Å². The molecule has 3 heterocycles. The summed E-state index contributed by atoms with van der Waals surface area (Å²) in [5, 5.41) is 27.0. The average Bonchev–Trinajstić information content (AvgIpc) is 1.40. The van der Waals surface area contributed by atoms with Crippen LogP contribution in [0.1, 0.15) is 0 Å². The predicted molar refractivity (Wildman–Crippen MR) is 479 cm³/mol. The number of hydrogen-bond acceptors (Lipinski definition) is 3. The highest BCUT2D eigenvalue weighted by molar-refractivity contribution is 6.26. The van der Waals surface area contributed by atoms with Gasteiger partial charge in [0.25, 0.3) is 0 Å². The van der Waals surface area contributed by atoms with Gasteiger partial charge in [-0.2, -0.15) is 0 Å². The van der Waals surface area contributed by atoms with E-state index in [1.165, 1.54) is 159 Å². The standard InChI is InChI=1S/C42H26O.C36H22O.C32H20O/c1-2-10-30-25-31(22-19-27(30)9-1)28-17-20-29(21-18-28)41-35-12-3-5-14-37(35)42(38-15-6-4-13-36(38)41)32-23-24-34-33-11-7-8-16-39(33)43-40(34)26-32;1-2-10-24-21-25(18-17-23(24)9-1)35-29-12-3-5-14-31(29)36(32-15-6-4-13-30(32)35)26-19-20-28-27-11-7-8-16-33(27)37-34(28)22-26;1-2-10-21(11-3-1)31-25-13-4-6-15-27(25)32(28-16-7-5-14-26(28)31)22-18-19-24-23-12-8-9-17-29(23)33-30(24)20-22/h1-26H;1-22H;1-20H. The van der Waals surface area contributed by atoms with Crippen LogP contribution >= 0.6 is 0 Å². The van der Waals surface area contributed by atoms with Crippen LogP contribution in [-0.2, 0) is 0 Å². The maximum Gasteiger partial charge on any atom is 0.136 e. The second-order valence-corrected chi connectivity index (χ2v) is 29.5. The molecule has 0 atom stereocenters. The molecule has 3 heteroatoms. The lowest BCUT2D eigenvalue weighted by Gasteiger charge is -2.18. The van der Waals surface area contributed by atoms with Gasteiger partial charge in [-0.1, -0.05) is 346 Å². The van der Waals surface area contributed by atoms with Crippen LogP contribution in [0.25, 0.3) is 230 Å². The zero-order chi connectivity index (χ0) is 74.5. The fraction of sp³-hybridized carbons (Fsp3) is 0. The molecular weight excluding hydrogens is 1370 g/mol. The van der Waals surface area contributed by atoms with Crippen molar-refractivity contribution >= 4 is 152 Å². The zero-order valence-corrected chi connectivity index (χ0v) is 61.5. The van der Waals surface area contributed by atoms with Gasteiger partial charge in [0.05, 0.1) is 0 Å². The van der Waals surface area contributed by atoms with Crippen LogP contribution in [-0.4, -0.2) is 0 Å². The van der Waals surface area contributed by atoms with Crippen molar-refractivity contribution in [1.82, 2.24) is 0 Å². The van der Waals surface area contributed by atoms with Crippen molar-refractivity contribution in [3.8, 4) is 77.9 Å². The summed E-state index contributed by atoms with van der Waals surface area (Å²) in [6.45, 7) is 0. The SMILES string of the molecule is c1ccc(-c2c3ccccc3c(-c3ccc4c(c3)oc3ccccc34)c3ccccc23)cc1.c1ccc2cc(-c3c4ccccc4c(-c4ccc5c(c4)oc4ccccc45)c4ccccc34)ccc2c1.c1ccc2cc(-c3ccc(-c4c5ccccc5c(-c5ccc6c(c5)oc5ccccc56)c5ccccc45)cc3)ccc2c1. The minimum absolute atomic E-state index is 0.917. The van der Waals surface area contributed by atoms with Crippen LogP contribution in [0, 0.1) is 0 Å². The number of hydrogen-bond donors (Lipinski definition) is 0. The largest absolute Gasteiger partial charge is 0.456 e. The van der Waals surface area contributed by atoms with Crippen molar-refractivity contribution in [3.63, 3.8) is 0 Å². The van der Waals surface area contributed by atoms with E-state index in [9.17, 15) is 0 Å². The van der Waals surface area contributed by atoms with Crippen LogP contribution in [0.3, 0.4) is 0 Å². The number of benzene rings is 21. The van der Waals surface area contributed by atoms with Gasteiger partial charge >= 0.3 is 0 Å². The van der Waals surface area contributed by atoms with E-state index in [4.69, 9.17) is 13.3 Å². The van der Waals surface area contributed by atoms with Gasteiger partial charge in [0.1, 0.15) is 33.5 Å². The lowest BCUT2D eigenvalue weighted by atomic mass is 9.85. The molecule has 21 aromatic carbocycles. The van der Waals surface area contributed by atoms with E-state index >= 15 is 0 Å². The summed E-state index contributed by atoms with van der Waals surface area (Å²) in [5.74, 6) is 0. The van der Waals surface area contributed by atoms with Gasteiger partial charge in [-0.05, 0) is 231 Å². The number of furan rings is 3. The maximum absolute atomic E-state index is 6.30. The van der Waals surface area contributed by atoms with E-state index in [1.807, 2.05) is 36.4 Å². The van der Waals surface area contributed by atoms with E-state index in [2.05, 4.69) is 376 Å². The van der Waals surface area contributed by atoms with Crippen molar-refractivity contribution in [3.05, 3.63) is 413 Å². The summed E-state index contributed by atoms with van der Waals surface area (Å²) in [7, 11) is 0. The highest BCUT2D eigenvalue weighted by Crippen LogP contribution is 2.50. The molecule has 0 aliphatic rings. The summed E-state index contributed by atoms with van der Waals surface area (Å²) in [5.41, 5.74) is 22.8. The van der Waals surface area contributed by atoms with Crippen LogP contribution in [0.5, 0.6) is 0 Å². The van der Waals surface area contributed by atoms with Gasteiger partial charge in [-0.25, -0.2) is 0 Å². The molecule has 0 fully saturated rings. The van der Waals surface area contributed by atoms with Gasteiger partial charge in [0.2, 0.25) is 0 Å². The number of fused-ring (bicyclic) bond motifs is 17. The molecule has 0 saturated carbocycles. The second kappa shape index (κ2) is 27.0. The third kappa shape index (κ3) is 11.1. The Morgan fingerprint density at radius 3 is 0.637 bits per heavy atom. The molecule has 0 unspecified atom stereocenters. The van der Waals surface area contributed by atoms with Crippen LogP contribution in [0.15, 0.2) is 426 Å². The third-order valence-electron chi connectivity index (χ3n) is 23.2. The Hall–Kier alpha value is -14.9. The summed E-state index contributed by atoms with van der Waals surface area (Å²) in [6.07, 6.45) is 0. The van der Waals surface area contributed by atoms with Gasteiger partial charge < -0.3 is 13.3 Å². The van der Waals surface area contributed by atoms with E-state index in [0.29, 0.717) is 0 Å². The first-order valence-corrected chi connectivity index (χ1v) is 38.7. The van der Waals surface area contributed by atoms with Crippen LogP contribution in [0.2, 0.25) is 0 Å². The maximum atomic E-state index is 6.30. The van der Waals surface area contributed by atoms with Gasteiger partial charge in [0.15, 0.2) is 0 Å². The smallest absolute Gasteiger partial charge is 0.136 e. The molecule has 0 radical (unpaired) electrons. The van der Waals surface area contributed by atoms with Gasteiger partial charge in [-0.15, -0.1) is 0 Å². The molecule has 0 saturated heterocycles. The number of rotatable bonds is 7. The molecule has 0 spiro atoms. The van der Waals surface area contributed by atoms with Crippen molar-refractivity contribution in [1.29, 1.82) is 0 Å². The van der Waals surface area contributed by atoms with Crippen molar-refractivity contribution in [2.75, 3.05) is 0 Å². The molecule has 3 nitrogen and oxygen atoms in total. The lowest BCUT2D eigenvalue weighted by Crippen LogP contribution is -1.91. The van der Waals surface area contributed by atoms with Gasteiger partial charge in [-0.3, -0.25) is 0 Å². The summed E-state index contributed by atoms with van der Waals surface area (Å²) < 4.78 is 18.8. The Morgan fingerprint density at radius 1 is 0.106 bits per heavy atom. The van der Waals surface area contributed by atoms with Crippen molar-refractivity contribution < 1.29 is 13.3 Å². The molecule has 113 heavy (non-hydrogen) atoms. The van der Waals surface area contributed by atoms with Gasteiger partial charge in [0, 0.05) is 32.3 Å². The topological polar surface area (TPSA) is 39.4 Å². The van der Waals surface area contributed by atoms with E-state index < -0.39 is 0 Å². The Bertz CT molecular complexity index is 7760. The molecule has 0 N–H and O–H groups in total. The number of para-hydroxylation sites is 3. The van der Waals surface area contributed by atoms with E-state index in [0.717, 1.165) is 71.4 Å². The van der Waals surface area contributed by atoms with E-state index in [1.54, 1.807) is 0 Å². The quantitative estimate of drug-likeness (QED) is 0.149. The Kier molecular flexibility index (Phi) is 15.6. The molecule has 0 amide bonds.